The summed E-state index contributed by atoms with van der Waals surface area (Å²) in [5.41, 5.74) is 0. The maximum atomic E-state index is 5.63. The molecule has 1 rings (SSSR count). The summed E-state index contributed by atoms with van der Waals surface area (Å²) in [5, 5.41) is 0. The van der Waals surface area contributed by atoms with Crippen LogP contribution in [0.2, 0.25) is 0 Å². The predicted octanol–water partition coefficient (Wildman–Crippen LogP) is 3.31. The highest BCUT2D eigenvalue weighted by molar-refractivity contribution is 9.09. The van der Waals surface area contributed by atoms with E-state index in [9.17, 15) is 0 Å². The van der Waals surface area contributed by atoms with Gasteiger partial charge in [0.15, 0.2) is 3.79 Å². The van der Waals surface area contributed by atoms with E-state index < -0.39 is 3.79 Å². The van der Waals surface area contributed by atoms with Gasteiger partial charge in [0.1, 0.15) is 6.10 Å². The van der Waals surface area contributed by atoms with E-state index in [1.165, 1.54) is 0 Å². The molecule has 0 radical (unpaired) electrons. The van der Waals surface area contributed by atoms with E-state index in [2.05, 4.69) is 15.9 Å². The molecule has 3 atom stereocenters. The van der Waals surface area contributed by atoms with E-state index in [0.29, 0.717) is 25.7 Å². The van der Waals surface area contributed by atoms with E-state index >= 15 is 0 Å². The molecule has 3 unspecified atom stereocenters. The van der Waals surface area contributed by atoms with Gasteiger partial charge in [-0.3, -0.25) is 0 Å². The zero-order valence-corrected chi connectivity index (χ0v) is 11.5. The Bertz CT molecular complexity index is 186. The molecule has 0 N–H and O–H groups in total. The lowest BCUT2D eigenvalue weighted by molar-refractivity contribution is 0.117. The highest BCUT2D eigenvalue weighted by atomic mass is 79.9. The molecule has 0 bridgehead atoms. The largest absolute Gasteiger partial charge is 0.377 e. The molecule has 0 aromatic carbocycles. The van der Waals surface area contributed by atoms with Crippen LogP contribution in [0.5, 0.6) is 0 Å². The Morgan fingerprint density at radius 3 is 2.50 bits per heavy atom. The number of epoxide rings is 1. The van der Waals surface area contributed by atoms with E-state index in [-0.39, 0.29) is 10.9 Å². The van der Waals surface area contributed by atoms with Crippen molar-refractivity contribution in [1.29, 1.82) is 0 Å². The van der Waals surface area contributed by atoms with Crippen LogP contribution in [0.15, 0.2) is 0 Å². The number of hydrogen-bond donors (Lipinski definition) is 0. The van der Waals surface area contributed by atoms with Crippen LogP contribution < -0.4 is 0 Å². The average Bonchev–Trinajstić information content (AvgIpc) is 2.62. The Hall–Kier alpha value is 1.27. The van der Waals surface area contributed by atoms with Crippen LogP contribution in [0, 0.1) is 0 Å². The molecule has 1 heterocycles. The first-order chi connectivity index (χ1) is 6.38. The highest BCUT2D eigenvalue weighted by Crippen LogP contribution is 2.33. The van der Waals surface area contributed by atoms with Crippen molar-refractivity contribution >= 4 is 50.7 Å². The van der Waals surface area contributed by atoms with Crippen molar-refractivity contribution in [2.75, 3.05) is 13.2 Å². The monoisotopic (exact) mass is 324 g/mol. The van der Waals surface area contributed by atoms with Crippen LogP contribution in [0.4, 0.5) is 0 Å². The standard InChI is InChI=1S/C8H12BrCl3O2/c1-5-7(14-5)4-13-3-6(9)2-8(10,11)12/h5-7H,2-4H2,1H3. The average molecular weight is 326 g/mol. The van der Waals surface area contributed by atoms with Gasteiger partial charge in [-0.1, -0.05) is 50.7 Å². The van der Waals surface area contributed by atoms with E-state index in [1.807, 2.05) is 6.92 Å². The molecule has 1 saturated heterocycles. The quantitative estimate of drug-likeness (QED) is 0.571. The SMILES string of the molecule is CC1OC1COCC(Br)CC(Cl)(Cl)Cl. The van der Waals surface area contributed by atoms with E-state index in [0.717, 1.165) is 0 Å². The Morgan fingerprint density at radius 2 is 2.07 bits per heavy atom. The maximum absolute atomic E-state index is 5.63. The second-order valence-corrected chi connectivity index (χ2v) is 7.14. The Kier molecular flexibility index (Phi) is 5.29. The normalized spacial score (nSPS) is 28.9. The fourth-order valence-electron chi connectivity index (χ4n) is 1.03. The third-order valence-electron chi connectivity index (χ3n) is 1.87. The molecule has 0 aromatic heterocycles. The number of rotatable bonds is 5. The number of hydrogen-bond acceptors (Lipinski definition) is 2. The van der Waals surface area contributed by atoms with Crippen LogP contribution in [0.3, 0.4) is 0 Å². The topological polar surface area (TPSA) is 21.8 Å². The molecule has 1 aliphatic rings. The summed E-state index contributed by atoms with van der Waals surface area (Å²) in [4.78, 5) is 0.0593. The van der Waals surface area contributed by atoms with Gasteiger partial charge in [-0.25, -0.2) is 0 Å². The lowest BCUT2D eigenvalue weighted by Gasteiger charge is -2.15. The number of alkyl halides is 4. The molecule has 84 valence electrons. The van der Waals surface area contributed by atoms with Crippen molar-refractivity contribution in [3.05, 3.63) is 0 Å². The summed E-state index contributed by atoms with van der Waals surface area (Å²) in [6, 6.07) is 0. The summed E-state index contributed by atoms with van der Waals surface area (Å²) in [5.74, 6) is 0. The van der Waals surface area contributed by atoms with Gasteiger partial charge in [0, 0.05) is 11.2 Å². The molecule has 2 nitrogen and oxygen atoms in total. The summed E-state index contributed by atoms with van der Waals surface area (Å²) in [7, 11) is 0. The van der Waals surface area contributed by atoms with Crippen LogP contribution in [0.1, 0.15) is 13.3 Å². The van der Waals surface area contributed by atoms with Gasteiger partial charge in [0.25, 0.3) is 0 Å². The second-order valence-electron chi connectivity index (χ2n) is 3.33. The van der Waals surface area contributed by atoms with Gasteiger partial charge in [-0.15, -0.1) is 0 Å². The first kappa shape index (κ1) is 13.3. The van der Waals surface area contributed by atoms with Crippen LogP contribution in [-0.4, -0.2) is 34.0 Å². The van der Waals surface area contributed by atoms with Gasteiger partial charge >= 0.3 is 0 Å². The molecule has 1 aliphatic heterocycles. The van der Waals surface area contributed by atoms with Crippen molar-refractivity contribution in [3.63, 3.8) is 0 Å². The van der Waals surface area contributed by atoms with Gasteiger partial charge in [-0.05, 0) is 6.92 Å². The molecule has 0 aliphatic carbocycles. The minimum atomic E-state index is -1.22. The first-order valence-electron chi connectivity index (χ1n) is 4.32. The molecular formula is C8H12BrCl3O2. The van der Waals surface area contributed by atoms with Crippen molar-refractivity contribution in [3.8, 4) is 0 Å². The molecule has 0 spiro atoms. The summed E-state index contributed by atoms with van der Waals surface area (Å²) < 4.78 is 9.35. The fraction of sp³-hybridized carbons (Fsp3) is 1.00. The van der Waals surface area contributed by atoms with Crippen molar-refractivity contribution in [2.45, 2.75) is 34.2 Å². The summed E-state index contributed by atoms with van der Waals surface area (Å²) in [6.07, 6.45) is 1.01. The molecule has 0 aromatic rings. The smallest absolute Gasteiger partial charge is 0.191 e. The predicted molar refractivity (Wildman–Crippen MR) is 62.8 cm³/mol. The zero-order valence-electron chi connectivity index (χ0n) is 7.68. The minimum Gasteiger partial charge on any atom is -0.377 e. The molecule has 0 amide bonds. The van der Waals surface area contributed by atoms with Crippen LogP contribution >= 0.6 is 50.7 Å². The lowest BCUT2D eigenvalue weighted by Crippen LogP contribution is -2.18. The van der Waals surface area contributed by atoms with Gasteiger partial charge in [0.2, 0.25) is 0 Å². The summed E-state index contributed by atoms with van der Waals surface area (Å²) >= 11 is 20.3. The molecular weight excluding hydrogens is 314 g/mol. The molecule has 6 heteroatoms. The third kappa shape index (κ3) is 5.99. The van der Waals surface area contributed by atoms with Crippen molar-refractivity contribution < 1.29 is 9.47 Å². The van der Waals surface area contributed by atoms with Gasteiger partial charge in [-0.2, -0.15) is 0 Å². The fourth-order valence-corrected chi connectivity index (χ4v) is 2.82. The number of ether oxygens (including phenoxy) is 2. The van der Waals surface area contributed by atoms with Crippen molar-refractivity contribution in [2.24, 2.45) is 0 Å². The van der Waals surface area contributed by atoms with Crippen LogP contribution in [0.25, 0.3) is 0 Å². The first-order valence-corrected chi connectivity index (χ1v) is 6.37. The molecule has 1 fully saturated rings. The second kappa shape index (κ2) is 5.55. The minimum absolute atomic E-state index is 0.0593. The molecule has 0 saturated carbocycles. The Balaban J connectivity index is 2.00. The molecule has 14 heavy (non-hydrogen) atoms. The lowest BCUT2D eigenvalue weighted by atomic mass is 10.3. The maximum Gasteiger partial charge on any atom is 0.191 e. The number of halogens is 4. The Labute approximate surface area is 107 Å². The summed E-state index contributed by atoms with van der Waals surface area (Å²) in [6.45, 7) is 3.16. The van der Waals surface area contributed by atoms with E-state index in [4.69, 9.17) is 44.3 Å². The zero-order chi connectivity index (χ0) is 10.8. The van der Waals surface area contributed by atoms with Crippen LogP contribution in [-0.2, 0) is 9.47 Å². The van der Waals surface area contributed by atoms with Gasteiger partial charge in [0.05, 0.1) is 19.3 Å². The Morgan fingerprint density at radius 1 is 1.50 bits per heavy atom. The highest BCUT2D eigenvalue weighted by Gasteiger charge is 2.34. The van der Waals surface area contributed by atoms with Crippen molar-refractivity contribution in [1.82, 2.24) is 0 Å². The third-order valence-corrected chi connectivity index (χ3v) is 2.92. The van der Waals surface area contributed by atoms with Gasteiger partial charge < -0.3 is 9.47 Å². The van der Waals surface area contributed by atoms with E-state index in [1.54, 1.807) is 0 Å².